The van der Waals surface area contributed by atoms with E-state index in [1.807, 2.05) is 0 Å². The zero-order valence-electron chi connectivity index (χ0n) is 9.63. The molecular weight excluding hydrogens is 188 g/mol. The van der Waals surface area contributed by atoms with E-state index in [9.17, 15) is 4.79 Å². The summed E-state index contributed by atoms with van der Waals surface area (Å²) >= 11 is 0. The number of nitrogens with one attached hydrogen (secondary N) is 1. The van der Waals surface area contributed by atoms with E-state index in [4.69, 9.17) is 0 Å². The second kappa shape index (κ2) is 7.69. The number of carbonyl (C=O) groups is 1. The number of amides is 1. The van der Waals surface area contributed by atoms with Crippen molar-refractivity contribution in [2.24, 2.45) is 0 Å². The van der Waals surface area contributed by atoms with Crippen molar-refractivity contribution in [1.29, 1.82) is 0 Å². The summed E-state index contributed by atoms with van der Waals surface area (Å²) < 4.78 is 0. The SMILES string of the molecule is [CH2]NC(=O)CCCCCN1CCCCC1. The lowest BCUT2D eigenvalue weighted by Crippen LogP contribution is -2.30. The number of unbranched alkanes of at least 4 members (excludes halogenated alkanes) is 2. The van der Waals surface area contributed by atoms with Gasteiger partial charge in [0.05, 0.1) is 0 Å². The van der Waals surface area contributed by atoms with Crippen LogP contribution >= 0.6 is 0 Å². The minimum Gasteiger partial charge on any atom is -0.354 e. The molecule has 0 bridgehead atoms. The van der Waals surface area contributed by atoms with Crippen LogP contribution in [-0.2, 0) is 4.79 Å². The van der Waals surface area contributed by atoms with Crippen LogP contribution in [0.25, 0.3) is 0 Å². The van der Waals surface area contributed by atoms with Gasteiger partial charge < -0.3 is 10.2 Å². The van der Waals surface area contributed by atoms with Gasteiger partial charge in [-0.05, 0) is 45.3 Å². The molecule has 0 spiro atoms. The van der Waals surface area contributed by atoms with Gasteiger partial charge in [-0.2, -0.15) is 0 Å². The lowest BCUT2D eigenvalue weighted by molar-refractivity contribution is -0.120. The smallest absolute Gasteiger partial charge is 0.220 e. The Bertz CT molecular complexity index is 176. The normalized spacial score (nSPS) is 17.7. The highest BCUT2D eigenvalue weighted by molar-refractivity contribution is 5.75. The second-order valence-corrected chi connectivity index (χ2v) is 4.31. The summed E-state index contributed by atoms with van der Waals surface area (Å²) in [6.07, 6.45) is 8.14. The van der Waals surface area contributed by atoms with E-state index in [1.54, 1.807) is 0 Å². The highest BCUT2D eigenvalue weighted by Gasteiger charge is 2.08. The van der Waals surface area contributed by atoms with Crippen LogP contribution in [0.15, 0.2) is 0 Å². The molecule has 0 saturated carbocycles. The molecule has 0 aromatic heterocycles. The van der Waals surface area contributed by atoms with Gasteiger partial charge in [0, 0.05) is 13.5 Å². The zero-order chi connectivity index (χ0) is 10.9. The summed E-state index contributed by atoms with van der Waals surface area (Å²) in [6, 6.07) is 0. The quantitative estimate of drug-likeness (QED) is 0.681. The van der Waals surface area contributed by atoms with Gasteiger partial charge in [0.1, 0.15) is 0 Å². The molecule has 0 atom stereocenters. The Hall–Kier alpha value is -0.570. The summed E-state index contributed by atoms with van der Waals surface area (Å²) in [5.74, 6) is 0.0629. The third-order valence-electron chi connectivity index (χ3n) is 3.02. The van der Waals surface area contributed by atoms with Crippen LogP contribution in [0.2, 0.25) is 0 Å². The standard InChI is InChI=1S/C12H23N2O/c1-13-12(15)8-4-2-5-9-14-10-6-3-7-11-14/h1-11H2,(H,13,15). The molecule has 87 valence electrons. The van der Waals surface area contributed by atoms with Crippen molar-refractivity contribution in [3.05, 3.63) is 7.05 Å². The lowest BCUT2D eigenvalue weighted by atomic mass is 10.1. The fourth-order valence-electron chi connectivity index (χ4n) is 2.07. The van der Waals surface area contributed by atoms with Crippen LogP contribution in [0.4, 0.5) is 0 Å². The first-order valence-electron chi connectivity index (χ1n) is 6.11. The average Bonchev–Trinajstić information content (AvgIpc) is 2.29. The summed E-state index contributed by atoms with van der Waals surface area (Å²) in [4.78, 5) is 13.4. The van der Waals surface area contributed by atoms with E-state index in [0.29, 0.717) is 6.42 Å². The van der Waals surface area contributed by atoms with Crippen molar-refractivity contribution in [2.75, 3.05) is 19.6 Å². The molecule has 1 saturated heterocycles. The summed E-state index contributed by atoms with van der Waals surface area (Å²) in [5.41, 5.74) is 0. The third-order valence-corrected chi connectivity index (χ3v) is 3.02. The molecule has 3 heteroatoms. The second-order valence-electron chi connectivity index (χ2n) is 4.31. The molecule has 1 aliphatic heterocycles. The summed E-state index contributed by atoms with van der Waals surface area (Å²) in [7, 11) is 3.35. The van der Waals surface area contributed by atoms with E-state index in [1.165, 1.54) is 45.3 Å². The highest BCUT2D eigenvalue weighted by atomic mass is 16.1. The van der Waals surface area contributed by atoms with E-state index >= 15 is 0 Å². The maximum Gasteiger partial charge on any atom is 0.220 e. The van der Waals surface area contributed by atoms with Crippen LogP contribution in [-0.4, -0.2) is 30.4 Å². The van der Waals surface area contributed by atoms with Crippen LogP contribution < -0.4 is 5.32 Å². The highest BCUT2D eigenvalue weighted by Crippen LogP contribution is 2.10. The topological polar surface area (TPSA) is 32.3 Å². The molecule has 1 aliphatic rings. The number of likely N-dealkylation sites (tertiary alicyclic amines) is 1. The molecule has 1 radical (unpaired) electrons. The minimum absolute atomic E-state index is 0.0629. The Morgan fingerprint density at radius 1 is 1.13 bits per heavy atom. The first-order valence-corrected chi connectivity index (χ1v) is 6.11. The number of hydrogen-bond donors (Lipinski definition) is 1. The first-order chi connectivity index (χ1) is 7.33. The zero-order valence-corrected chi connectivity index (χ0v) is 9.63. The van der Waals surface area contributed by atoms with Crippen LogP contribution in [0, 0.1) is 7.05 Å². The molecule has 1 rings (SSSR count). The molecule has 0 aromatic rings. The molecule has 15 heavy (non-hydrogen) atoms. The van der Waals surface area contributed by atoms with Crippen molar-refractivity contribution < 1.29 is 4.79 Å². The Morgan fingerprint density at radius 2 is 1.87 bits per heavy atom. The Balaban J connectivity index is 1.89. The van der Waals surface area contributed by atoms with Gasteiger partial charge >= 0.3 is 0 Å². The monoisotopic (exact) mass is 211 g/mol. The van der Waals surface area contributed by atoms with E-state index < -0.39 is 0 Å². The molecule has 1 fully saturated rings. The molecule has 1 amide bonds. The van der Waals surface area contributed by atoms with Crippen LogP contribution in [0.3, 0.4) is 0 Å². The van der Waals surface area contributed by atoms with Crippen molar-refractivity contribution in [3.63, 3.8) is 0 Å². The van der Waals surface area contributed by atoms with Crippen LogP contribution in [0.1, 0.15) is 44.9 Å². The first kappa shape index (κ1) is 12.5. The molecule has 0 aliphatic carbocycles. The Labute approximate surface area is 93.2 Å². The molecule has 3 nitrogen and oxygen atoms in total. The van der Waals surface area contributed by atoms with Crippen molar-refractivity contribution in [2.45, 2.75) is 44.9 Å². The summed E-state index contributed by atoms with van der Waals surface area (Å²) in [5, 5.41) is 2.41. The van der Waals surface area contributed by atoms with Gasteiger partial charge in [-0.3, -0.25) is 4.79 Å². The van der Waals surface area contributed by atoms with Gasteiger partial charge in [0.15, 0.2) is 0 Å². The predicted octanol–water partition coefficient (Wildman–Crippen LogP) is 1.94. The van der Waals surface area contributed by atoms with Crippen molar-refractivity contribution >= 4 is 5.91 Å². The maximum atomic E-state index is 10.9. The van der Waals surface area contributed by atoms with Gasteiger partial charge in [0.25, 0.3) is 0 Å². The van der Waals surface area contributed by atoms with Gasteiger partial charge in [0.2, 0.25) is 5.91 Å². The molecule has 0 unspecified atom stereocenters. The fraction of sp³-hybridized carbons (Fsp3) is 0.833. The van der Waals surface area contributed by atoms with Crippen molar-refractivity contribution in [3.8, 4) is 0 Å². The molecule has 1 N–H and O–H groups in total. The number of nitrogens with zero attached hydrogens (tertiary/aromatic N) is 1. The molecule has 0 aromatic carbocycles. The maximum absolute atomic E-state index is 10.9. The van der Waals surface area contributed by atoms with Gasteiger partial charge in [-0.1, -0.05) is 12.8 Å². The van der Waals surface area contributed by atoms with Crippen molar-refractivity contribution in [1.82, 2.24) is 10.2 Å². The van der Waals surface area contributed by atoms with Crippen LogP contribution in [0.5, 0.6) is 0 Å². The van der Waals surface area contributed by atoms with E-state index in [-0.39, 0.29) is 5.91 Å². The third kappa shape index (κ3) is 5.78. The number of rotatable bonds is 6. The van der Waals surface area contributed by atoms with E-state index in [2.05, 4.69) is 17.3 Å². The molecular formula is C12H23N2O. The minimum atomic E-state index is 0.0629. The fourth-order valence-corrected chi connectivity index (χ4v) is 2.07. The number of piperidine rings is 1. The van der Waals surface area contributed by atoms with E-state index in [0.717, 1.165) is 12.8 Å². The predicted molar refractivity (Wildman–Crippen MR) is 62.3 cm³/mol. The molecule has 1 heterocycles. The Morgan fingerprint density at radius 3 is 2.53 bits per heavy atom. The van der Waals surface area contributed by atoms with Gasteiger partial charge in [-0.15, -0.1) is 0 Å². The largest absolute Gasteiger partial charge is 0.354 e. The number of carbonyl (C=O) groups excluding carboxylic acids is 1. The van der Waals surface area contributed by atoms with Gasteiger partial charge in [-0.25, -0.2) is 0 Å². The average molecular weight is 211 g/mol. The number of hydrogen-bond acceptors (Lipinski definition) is 2. The Kier molecular flexibility index (Phi) is 6.41. The summed E-state index contributed by atoms with van der Waals surface area (Å²) in [6.45, 7) is 3.77. The lowest BCUT2D eigenvalue weighted by Gasteiger charge is -2.26.